The minimum Gasteiger partial charge on any atom is -0.493 e. The third-order valence-electron chi connectivity index (χ3n) is 4.65. The van der Waals surface area contributed by atoms with E-state index in [-0.39, 0.29) is 17.2 Å². The highest BCUT2D eigenvalue weighted by Gasteiger charge is 2.32. The molecule has 2 aromatic carbocycles. The van der Waals surface area contributed by atoms with Gasteiger partial charge in [0.25, 0.3) is 0 Å². The van der Waals surface area contributed by atoms with Gasteiger partial charge < -0.3 is 14.8 Å². The molecule has 0 saturated heterocycles. The predicted octanol–water partition coefficient (Wildman–Crippen LogP) is 4.81. The van der Waals surface area contributed by atoms with Gasteiger partial charge in [0, 0.05) is 25.3 Å². The summed E-state index contributed by atoms with van der Waals surface area (Å²) in [4.78, 5) is 23.2. The lowest BCUT2D eigenvalue weighted by atomic mass is 10.1. The molecule has 32 heavy (non-hydrogen) atoms. The maximum absolute atomic E-state index is 11.9. The number of benzene rings is 2. The highest BCUT2D eigenvalue weighted by Crippen LogP contribution is 2.39. The minimum absolute atomic E-state index is 0.200. The lowest BCUT2D eigenvalue weighted by Gasteiger charge is -2.19. The van der Waals surface area contributed by atoms with E-state index in [1.807, 2.05) is 50.2 Å². The van der Waals surface area contributed by atoms with Crippen molar-refractivity contribution in [2.24, 2.45) is 5.10 Å². The molecule has 0 fully saturated rings. The normalized spacial score (nSPS) is 15.3. The molecule has 170 valence electrons. The molecular weight excluding hydrogens is 450 g/mol. The lowest BCUT2D eigenvalue weighted by Crippen LogP contribution is -2.25. The second-order valence-electron chi connectivity index (χ2n) is 7.41. The standard InChI is InChI=1S/C23H26ClN3O4S/c1-14-12-20(13-15(2)21(14)24)31-11-5-10-30-19-8-6-18(7-9-19)22-27(17(4)29)26-23(32-22)25-16(3)28/h6-9,12-13,22H,5,10-11H2,1-4H3,(H,25,26,28)/t22-/m0/s1. The van der Waals surface area contributed by atoms with Gasteiger partial charge in [-0.25, -0.2) is 5.01 Å². The molecule has 1 aliphatic heterocycles. The van der Waals surface area contributed by atoms with E-state index in [4.69, 9.17) is 21.1 Å². The monoisotopic (exact) mass is 475 g/mol. The van der Waals surface area contributed by atoms with E-state index in [1.165, 1.54) is 30.6 Å². The number of nitrogens with one attached hydrogen (secondary N) is 1. The van der Waals surface area contributed by atoms with E-state index < -0.39 is 0 Å². The Morgan fingerprint density at radius 2 is 1.66 bits per heavy atom. The van der Waals surface area contributed by atoms with Crippen molar-refractivity contribution in [3.8, 4) is 11.5 Å². The highest BCUT2D eigenvalue weighted by atomic mass is 35.5. The molecule has 0 radical (unpaired) electrons. The van der Waals surface area contributed by atoms with Gasteiger partial charge in [0.15, 0.2) is 5.17 Å². The van der Waals surface area contributed by atoms with Gasteiger partial charge in [0.2, 0.25) is 11.8 Å². The van der Waals surface area contributed by atoms with E-state index in [0.29, 0.717) is 18.4 Å². The van der Waals surface area contributed by atoms with Gasteiger partial charge in [-0.2, -0.15) is 0 Å². The number of amidine groups is 1. The SMILES string of the molecule is CC(=O)NC1=NN(C(C)=O)[C@H](c2ccc(OCCCOc3cc(C)c(Cl)c(C)c3)cc2)S1. The van der Waals surface area contributed by atoms with E-state index >= 15 is 0 Å². The smallest absolute Gasteiger partial charge is 0.241 e. The Balaban J connectivity index is 1.48. The van der Waals surface area contributed by atoms with Crippen LogP contribution in [0.2, 0.25) is 5.02 Å². The molecule has 0 bridgehead atoms. The van der Waals surface area contributed by atoms with Crippen LogP contribution in [0.5, 0.6) is 11.5 Å². The summed E-state index contributed by atoms with van der Waals surface area (Å²) in [7, 11) is 0. The second-order valence-corrected chi connectivity index (χ2v) is 8.86. The summed E-state index contributed by atoms with van der Waals surface area (Å²) in [5, 5.41) is 9.04. The number of amides is 2. The zero-order valence-corrected chi connectivity index (χ0v) is 20.0. The van der Waals surface area contributed by atoms with Gasteiger partial charge >= 0.3 is 0 Å². The van der Waals surface area contributed by atoms with Crippen LogP contribution in [0.25, 0.3) is 0 Å². The summed E-state index contributed by atoms with van der Waals surface area (Å²) in [5.74, 6) is 1.11. The Hall–Kier alpha value is -2.71. The van der Waals surface area contributed by atoms with Crippen molar-refractivity contribution in [3.63, 3.8) is 0 Å². The Morgan fingerprint density at radius 1 is 1.06 bits per heavy atom. The number of nitrogens with zero attached hydrogens (tertiary/aromatic N) is 2. The Morgan fingerprint density at radius 3 is 2.22 bits per heavy atom. The molecule has 1 heterocycles. The number of halogens is 1. The molecule has 0 aliphatic carbocycles. The summed E-state index contributed by atoms with van der Waals surface area (Å²) in [6.07, 6.45) is 0.729. The summed E-state index contributed by atoms with van der Waals surface area (Å²) >= 11 is 7.50. The van der Waals surface area contributed by atoms with Gasteiger partial charge in [-0.05, 0) is 54.8 Å². The Bertz CT molecular complexity index is 1000. The first kappa shape index (κ1) is 23.9. The third kappa shape index (κ3) is 6.17. The van der Waals surface area contributed by atoms with E-state index in [9.17, 15) is 9.59 Å². The van der Waals surface area contributed by atoms with Gasteiger partial charge in [0.05, 0.1) is 13.2 Å². The third-order valence-corrected chi connectivity index (χ3v) is 6.35. The summed E-state index contributed by atoms with van der Waals surface area (Å²) in [6.45, 7) is 7.82. The van der Waals surface area contributed by atoms with Crippen LogP contribution in [-0.2, 0) is 9.59 Å². The van der Waals surface area contributed by atoms with Crippen molar-refractivity contribution in [3.05, 3.63) is 58.1 Å². The number of carbonyl (C=O) groups excluding carboxylic acids is 2. The van der Waals surface area contributed by atoms with Crippen LogP contribution in [0.15, 0.2) is 41.5 Å². The number of ether oxygens (including phenoxy) is 2. The zero-order chi connectivity index (χ0) is 23.3. The topological polar surface area (TPSA) is 80.2 Å². The molecule has 2 amide bonds. The first-order chi connectivity index (χ1) is 15.2. The van der Waals surface area contributed by atoms with Gasteiger partial charge in [-0.15, -0.1) is 5.10 Å². The largest absolute Gasteiger partial charge is 0.493 e. The molecule has 0 spiro atoms. The molecule has 0 saturated carbocycles. The summed E-state index contributed by atoms with van der Waals surface area (Å²) < 4.78 is 11.6. The molecule has 9 heteroatoms. The fraction of sp³-hybridized carbons (Fsp3) is 0.348. The van der Waals surface area contributed by atoms with Gasteiger partial charge in [-0.3, -0.25) is 9.59 Å². The van der Waals surface area contributed by atoms with E-state index in [2.05, 4.69) is 10.4 Å². The molecule has 1 atom stereocenters. The van der Waals surface area contributed by atoms with Crippen molar-refractivity contribution >= 4 is 40.3 Å². The second kappa shape index (κ2) is 10.7. The molecule has 2 aromatic rings. The van der Waals surface area contributed by atoms with E-state index in [0.717, 1.165) is 39.6 Å². The maximum atomic E-state index is 11.9. The van der Waals surface area contributed by atoms with Crippen LogP contribution >= 0.6 is 23.4 Å². The van der Waals surface area contributed by atoms with Crippen LogP contribution in [-0.4, -0.2) is 35.2 Å². The van der Waals surface area contributed by atoms with Crippen LogP contribution in [0.1, 0.15) is 42.3 Å². The average Bonchev–Trinajstić information content (AvgIpc) is 3.15. The highest BCUT2D eigenvalue weighted by molar-refractivity contribution is 8.14. The molecule has 1 N–H and O–H groups in total. The van der Waals surface area contributed by atoms with Crippen molar-refractivity contribution in [2.75, 3.05) is 13.2 Å². The summed E-state index contributed by atoms with van der Waals surface area (Å²) in [5.41, 5.74) is 2.88. The van der Waals surface area contributed by atoms with Crippen molar-refractivity contribution in [1.82, 2.24) is 10.3 Å². The van der Waals surface area contributed by atoms with Crippen LogP contribution in [0.4, 0.5) is 0 Å². The Labute approximate surface area is 197 Å². The quantitative estimate of drug-likeness (QED) is 0.581. The molecule has 1 aliphatic rings. The maximum Gasteiger partial charge on any atom is 0.241 e. The fourth-order valence-corrected chi connectivity index (χ4v) is 4.38. The number of hydrogen-bond acceptors (Lipinski definition) is 6. The number of carbonyl (C=O) groups is 2. The first-order valence-electron chi connectivity index (χ1n) is 10.2. The zero-order valence-electron chi connectivity index (χ0n) is 18.5. The predicted molar refractivity (Wildman–Crippen MR) is 127 cm³/mol. The van der Waals surface area contributed by atoms with Crippen molar-refractivity contribution in [2.45, 2.75) is 39.5 Å². The minimum atomic E-state index is -0.330. The number of thioether (sulfide) groups is 1. The van der Waals surface area contributed by atoms with E-state index in [1.54, 1.807) is 0 Å². The summed E-state index contributed by atoms with van der Waals surface area (Å²) in [6, 6.07) is 11.4. The molecular formula is C23H26ClN3O4S. The number of aryl methyl sites for hydroxylation is 2. The lowest BCUT2D eigenvalue weighted by molar-refractivity contribution is -0.129. The Kier molecular flexibility index (Phi) is 8.04. The number of hydrazone groups is 1. The van der Waals surface area contributed by atoms with Crippen LogP contribution < -0.4 is 14.8 Å². The molecule has 0 aromatic heterocycles. The molecule has 0 unspecified atom stereocenters. The fourth-order valence-electron chi connectivity index (χ4n) is 3.14. The number of hydrogen-bond donors (Lipinski definition) is 1. The van der Waals surface area contributed by atoms with Gasteiger partial charge in [0.1, 0.15) is 16.9 Å². The molecule has 7 nitrogen and oxygen atoms in total. The van der Waals surface area contributed by atoms with Crippen molar-refractivity contribution < 1.29 is 19.1 Å². The van der Waals surface area contributed by atoms with Gasteiger partial charge in [-0.1, -0.05) is 35.5 Å². The van der Waals surface area contributed by atoms with Crippen molar-refractivity contribution in [1.29, 1.82) is 0 Å². The first-order valence-corrected chi connectivity index (χ1v) is 11.5. The van der Waals surface area contributed by atoms with Crippen LogP contribution in [0, 0.1) is 13.8 Å². The molecule has 3 rings (SSSR count). The van der Waals surface area contributed by atoms with Crippen LogP contribution in [0.3, 0.4) is 0 Å². The number of rotatable bonds is 7. The average molecular weight is 476 g/mol.